The number of nitrogens with one attached hydrogen (secondary N) is 1. The monoisotopic (exact) mass is 464 g/mol. The predicted molar refractivity (Wildman–Crippen MR) is 126 cm³/mol. The molecule has 2 atom stereocenters. The van der Waals surface area contributed by atoms with Crippen molar-refractivity contribution in [3.8, 4) is 11.1 Å². The fourth-order valence-corrected chi connectivity index (χ4v) is 5.09. The molecule has 1 aromatic heterocycles. The molecule has 1 aliphatic heterocycles. The number of carbonyl (C=O) groups is 3. The lowest BCUT2D eigenvalue weighted by Crippen LogP contribution is -2.51. The average Bonchev–Trinajstić information content (AvgIpc) is 3.56. The van der Waals surface area contributed by atoms with E-state index in [0.29, 0.717) is 42.5 Å². The molecule has 0 radical (unpaired) electrons. The standard InChI is InChI=1S/C26H32N4O4/c31-18-29(34)17-22(14-19-6-4-5-7-19)26(33)30-24(12-13-28-30)25(32)15-23-11-10-21(16-27-23)20-8-2-1-3-9-20/h1-3,8-11,16,18-19,22,24,28,34H,4-7,12-15,17H2/t22-,24+/m1/s1. The third kappa shape index (κ3) is 5.87. The Morgan fingerprint density at radius 1 is 1.12 bits per heavy atom. The minimum absolute atomic E-state index is 0.0690. The maximum atomic E-state index is 13.4. The van der Waals surface area contributed by atoms with Crippen LogP contribution in [0.3, 0.4) is 0 Å². The number of hydroxylamine groups is 2. The van der Waals surface area contributed by atoms with Crippen LogP contribution in [0.1, 0.15) is 44.2 Å². The number of amides is 2. The second-order valence-corrected chi connectivity index (χ2v) is 9.28. The highest BCUT2D eigenvalue weighted by molar-refractivity contribution is 5.91. The van der Waals surface area contributed by atoms with Gasteiger partial charge in [-0.3, -0.25) is 29.6 Å². The van der Waals surface area contributed by atoms with Crippen LogP contribution < -0.4 is 5.43 Å². The summed E-state index contributed by atoms with van der Waals surface area (Å²) >= 11 is 0. The molecule has 2 heterocycles. The molecule has 0 spiro atoms. The minimum Gasteiger partial charge on any atom is -0.297 e. The maximum Gasteiger partial charge on any atom is 0.242 e. The molecule has 2 aromatic rings. The second kappa shape index (κ2) is 11.4. The van der Waals surface area contributed by atoms with E-state index in [2.05, 4.69) is 10.4 Å². The lowest BCUT2D eigenvalue weighted by Gasteiger charge is -2.29. The van der Waals surface area contributed by atoms with Crippen molar-refractivity contribution >= 4 is 18.1 Å². The van der Waals surface area contributed by atoms with E-state index in [9.17, 15) is 19.6 Å². The molecule has 1 aromatic carbocycles. The normalized spacial score (nSPS) is 19.2. The number of carbonyl (C=O) groups excluding carboxylic acids is 3. The summed E-state index contributed by atoms with van der Waals surface area (Å²) in [7, 11) is 0. The van der Waals surface area contributed by atoms with Crippen molar-refractivity contribution < 1.29 is 19.6 Å². The summed E-state index contributed by atoms with van der Waals surface area (Å²) in [5.74, 6) is -0.467. The van der Waals surface area contributed by atoms with E-state index in [-0.39, 0.29) is 24.7 Å². The van der Waals surface area contributed by atoms with Gasteiger partial charge in [0.15, 0.2) is 5.78 Å². The van der Waals surface area contributed by atoms with Gasteiger partial charge in [-0.15, -0.1) is 0 Å². The molecule has 4 rings (SSSR count). The Balaban J connectivity index is 1.42. The fraction of sp³-hybridized carbons (Fsp3) is 0.462. The van der Waals surface area contributed by atoms with E-state index in [1.54, 1.807) is 6.20 Å². The number of ketones is 1. The Hall–Kier alpha value is -3.10. The van der Waals surface area contributed by atoms with Crippen molar-refractivity contribution in [2.45, 2.75) is 51.0 Å². The molecular formula is C26H32N4O4. The van der Waals surface area contributed by atoms with Crippen LogP contribution in [0.5, 0.6) is 0 Å². The predicted octanol–water partition coefficient (Wildman–Crippen LogP) is 3.01. The minimum atomic E-state index is -0.586. The lowest BCUT2D eigenvalue weighted by molar-refractivity contribution is -0.159. The summed E-state index contributed by atoms with van der Waals surface area (Å²) in [6.45, 7) is 0.454. The van der Waals surface area contributed by atoms with Gasteiger partial charge in [-0.2, -0.15) is 0 Å². The van der Waals surface area contributed by atoms with Crippen molar-refractivity contribution in [2.24, 2.45) is 11.8 Å². The second-order valence-electron chi connectivity index (χ2n) is 9.28. The van der Waals surface area contributed by atoms with Crippen LogP contribution in [0.2, 0.25) is 0 Å². The van der Waals surface area contributed by atoms with Crippen LogP contribution >= 0.6 is 0 Å². The summed E-state index contributed by atoms with van der Waals surface area (Å²) < 4.78 is 0. The fourth-order valence-electron chi connectivity index (χ4n) is 5.09. The van der Waals surface area contributed by atoms with E-state index in [0.717, 1.165) is 36.8 Å². The van der Waals surface area contributed by atoms with Crippen LogP contribution in [0.4, 0.5) is 0 Å². The molecule has 0 bridgehead atoms. The third-order valence-corrected chi connectivity index (χ3v) is 6.88. The molecule has 1 saturated carbocycles. The van der Waals surface area contributed by atoms with Crippen molar-refractivity contribution in [2.75, 3.05) is 13.1 Å². The first-order valence-corrected chi connectivity index (χ1v) is 12.1. The number of pyridine rings is 1. The number of aromatic nitrogens is 1. The number of Topliss-reactive ketones (excluding diaryl/α,β-unsaturated/α-hetero) is 1. The van der Waals surface area contributed by atoms with Gasteiger partial charge in [0.1, 0.15) is 6.04 Å². The summed E-state index contributed by atoms with van der Waals surface area (Å²) in [4.78, 5) is 42.0. The Morgan fingerprint density at radius 2 is 1.88 bits per heavy atom. The van der Waals surface area contributed by atoms with E-state index in [1.165, 1.54) is 5.01 Å². The molecule has 8 nitrogen and oxygen atoms in total. The van der Waals surface area contributed by atoms with Crippen molar-refractivity contribution in [3.63, 3.8) is 0 Å². The van der Waals surface area contributed by atoms with Crippen LogP contribution in [0.15, 0.2) is 48.7 Å². The molecule has 2 amide bonds. The summed E-state index contributed by atoms with van der Waals surface area (Å²) in [6.07, 6.45) is 7.74. The zero-order valence-corrected chi connectivity index (χ0v) is 19.3. The highest BCUT2D eigenvalue weighted by Gasteiger charge is 2.38. The zero-order chi connectivity index (χ0) is 23.9. The van der Waals surface area contributed by atoms with Gasteiger partial charge >= 0.3 is 0 Å². The Bertz CT molecular complexity index is 976. The molecule has 2 aliphatic rings. The number of nitrogens with zero attached hydrogens (tertiary/aromatic N) is 3. The quantitative estimate of drug-likeness (QED) is 0.318. The van der Waals surface area contributed by atoms with Gasteiger partial charge in [-0.1, -0.05) is 62.1 Å². The molecule has 8 heteroatoms. The number of hydrogen-bond donors (Lipinski definition) is 2. The van der Waals surface area contributed by atoms with E-state index in [4.69, 9.17) is 0 Å². The topological polar surface area (TPSA) is 103 Å². The number of rotatable bonds is 10. The van der Waals surface area contributed by atoms with E-state index >= 15 is 0 Å². The van der Waals surface area contributed by atoms with Crippen LogP contribution in [-0.4, -0.2) is 57.5 Å². The van der Waals surface area contributed by atoms with Gasteiger partial charge in [0.25, 0.3) is 0 Å². The first-order chi connectivity index (χ1) is 16.5. The highest BCUT2D eigenvalue weighted by atomic mass is 16.5. The van der Waals surface area contributed by atoms with Crippen molar-refractivity contribution in [1.29, 1.82) is 0 Å². The number of hydrazine groups is 1. The summed E-state index contributed by atoms with van der Waals surface area (Å²) in [5, 5.41) is 11.7. The van der Waals surface area contributed by atoms with Gasteiger partial charge in [0.05, 0.1) is 18.9 Å². The molecule has 2 N–H and O–H groups in total. The summed E-state index contributed by atoms with van der Waals surface area (Å²) in [5.41, 5.74) is 5.76. The van der Waals surface area contributed by atoms with Crippen molar-refractivity contribution in [1.82, 2.24) is 20.5 Å². The van der Waals surface area contributed by atoms with Crippen LogP contribution in [0.25, 0.3) is 11.1 Å². The van der Waals surface area contributed by atoms with E-state index < -0.39 is 12.0 Å². The average molecular weight is 465 g/mol. The smallest absolute Gasteiger partial charge is 0.242 e. The van der Waals surface area contributed by atoms with Gasteiger partial charge in [0, 0.05) is 24.0 Å². The number of benzene rings is 1. The molecule has 1 aliphatic carbocycles. The first-order valence-electron chi connectivity index (χ1n) is 12.1. The Morgan fingerprint density at radius 3 is 2.56 bits per heavy atom. The first kappa shape index (κ1) is 24.0. The Kier molecular flexibility index (Phi) is 8.03. The lowest BCUT2D eigenvalue weighted by atomic mass is 9.91. The molecule has 1 saturated heterocycles. The largest absolute Gasteiger partial charge is 0.297 e. The van der Waals surface area contributed by atoms with Crippen LogP contribution in [0, 0.1) is 11.8 Å². The third-order valence-electron chi connectivity index (χ3n) is 6.88. The summed E-state index contributed by atoms with van der Waals surface area (Å²) in [6, 6.07) is 13.1. The maximum absolute atomic E-state index is 13.4. The van der Waals surface area contributed by atoms with Gasteiger partial charge in [-0.05, 0) is 30.4 Å². The number of hydrogen-bond acceptors (Lipinski definition) is 6. The van der Waals surface area contributed by atoms with Crippen molar-refractivity contribution in [3.05, 3.63) is 54.4 Å². The molecular weight excluding hydrogens is 432 g/mol. The zero-order valence-electron chi connectivity index (χ0n) is 19.3. The molecule has 2 fully saturated rings. The molecule has 34 heavy (non-hydrogen) atoms. The SMILES string of the molecule is O=CN(O)C[C@@H](CC1CCCC1)C(=O)N1NCC[C@H]1C(=O)Cc1ccc(-c2ccccc2)cn1. The van der Waals surface area contributed by atoms with Crippen LogP contribution in [-0.2, 0) is 20.8 Å². The van der Waals surface area contributed by atoms with E-state index in [1.807, 2.05) is 42.5 Å². The molecule has 0 unspecified atom stereocenters. The van der Waals surface area contributed by atoms with Gasteiger partial charge in [0.2, 0.25) is 12.3 Å². The van der Waals surface area contributed by atoms with Gasteiger partial charge in [-0.25, -0.2) is 10.5 Å². The molecule has 180 valence electrons. The Labute approximate surface area is 199 Å². The van der Waals surface area contributed by atoms with Gasteiger partial charge < -0.3 is 0 Å². The highest BCUT2D eigenvalue weighted by Crippen LogP contribution is 2.32.